The van der Waals surface area contributed by atoms with Crippen LogP contribution in [0.5, 0.6) is 0 Å². The largest absolute Gasteiger partial charge is 0.393 e. The zero-order chi connectivity index (χ0) is 8.60. The third-order valence-electron chi connectivity index (χ3n) is 2.71. The molecule has 4 nitrogen and oxygen atoms in total. The quantitative estimate of drug-likeness (QED) is 0.569. The minimum absolute atomic E-state index is 0.0318. The molecule has 0 radical (unpaired) electrons. The maximum atomic E-state index is 9.22. The molecule has 1 aliphatic carbocycles. The SMILES string of the molecule is NCC1(c2cnc[nH]2)CC(O)C1. The number of aromatic amines is 1. The van der Waals surface area contributed by atoms with Crippen LogP contribution in [-0.4, -0.2) is 27.7 Å². The molecule has 0 spiro atoms. The second-order valence-corrected chi connectivity index (χ2v) is 3.51. The smallest absolute Gasteiger partial charge is 0.0921 e. The summed E-state index contributed by atoms with van der Waals surface area (Å²) < 4.78 is 0. The van der Waals surface area contributed by atoms with E-state index in [0.717, 1.165) is 18.5 Å². The number of hydrogen-bond donors (Lipinski definition) is 3. The van der Waals surface area contributed by atoms with Crippen LogP contribution in [-0.2, 0) is 5.41 Å². The first-order valence-electron chi connectivity index (χ1n) is 4.14. The molecule has 1 aromatic rings. The Morgan fingerprint density at radius 2 is 2.50 bits per heavy atom. The van der Waals surface area contributed by atoms with Crippen LogP contribution in [0, 0.1) is 0 Å². The van der Waals surface area contributed by atoms with E-state index < -0.39 is 0 Å². The van der Waals surface area contributed by atoms with E-state index in [2.05, 4.69) is 9.97 Å². The molecule has 12 heavy (non-hydrogen) atoms. The Morgan fingerprint density at radius 1 is 1.75 bits per heavy atom. The van der Waals surface area contributed by atoms with Crippen molar-refractivity contribution in [2.75, 3.05) is 6.54 Å². The van der Waals surface area contributed by atoms with Crippen LogP contribution in [0.15, 0.2) is 12.5 Å². The number of aliphatic hydroxyl groups excluding tert-OH is 1. The maximum Gasteiger partial charge on any atom is 0.0921 e. The summed E-state index contributed by atoms with van der Waals surface area (Å²) in [5.41, 5.74) is 6.68. The van der Waals surface area contributed by atoms with Gasteiger partial charge in [-0.1, -0.05) is 0 Å². The topological polar surface area (TPSA) is 74.9 Å². The lowest BCUT2D eigenvalue weighted by atomic mass is 9.65. The summed E-state index contributed by atoms with van der Waals surface area (Å²) in [5.74, 6) is 0. The van der Waals surface area contributed by atoms with Crippen molar-refractivity contribution in [2.45, 2.75) is 24.4 Å². The first kappa shape index (κ1) is 7.76. The third kappa shape index (κ3) is 0.956. The monoisotopic (exact) mass is 167 g/mol. The number of nitrogens with one attached hydrogen (secondary N) is 1. The molecular formula is C8H13N3O. The normalized spacial score (nSPS) is 34.7. The number of rotatable bonds is 2. The van der Waals surface area contributed by atoms with Crippen LogP contribution in [0.2, 0.25) is 0 Å². The highest BCUT2D eigenvalue weighted by Crippen LogP contribution is 2.41. The predicted molar refractivity (Wildman–Crippen MR) is 44.6 cm³/mol. The molecule has 4 heteroatoms. The van der Waals surface area contributed by atoms with Gasteiger partial charge in [-0.05, 0) is 12.8 Å². The van der Waals surface area contributed by atoms with Crippen LogP contribution in [0.1, 0.15) is 18.5 Å². The van der Waals surface area contributed by atoms with E-state index >= 15 is 0 Å². The number of aliphatic hydroxyl groups is 1. The van der Waals surface area contributed by atoms with Gasteiger partial charge in [0.25, 0.3) is 0 Å². The van der Waals surface area contributed by atoms with Crippen molar-refractivity contribution >= 4 is 0 Å². The van der Waals surface area contributed by atoms with Gasteiger partial charge in [0, 0.05) is 23.9 Å². The lowest BCUT2D eigenvalue weighted by molar-refractivity contribution is 0.0203. The van der Waals surface area contributed by atoms with E-state index in [0.29, 0.717) is 6.54 Å². The highest BCUT2D eigenvalue weighted by molar-refractivity contribution is 5.20. The van der Waals surface area contributed by atoms with E-state index in [1.807, 2.05) is 0 Å². The van der Waals surface area contributed by atoms with Crippen molar-refractivity contribution in [1.82, 2.24) is 9.97 Å². The number of imidazole rings is 1. The van der Waals surface area contributed by atoms with Crippen LogP contribution in [0.25, 0.3) is 0 Å². The average Bonchev–Trinajstić information content (AvgIpc) is 2.50. The van der Waals surface area contributed by atoms with Gasteiger partial charge in [-0.2, -0.15) is 0 Å². The van der Waals surface area contributed by atoms with Gasteiger partial charge in [-0.25, -0.2) is 4.98 Å². The molecule has 0 atom stereocenters. The highest BCUT2D eigenvalue weighted by Gasteiger charge is 2.44. The fraction of sp³-hybridized carbons (Fsp3) is 0.625. The average molecular weight is 167 g/mol. The number of aromatic nitrogens is 2. The minimum atomic E-state index is -0.183. The Bertz CT molecular complexity index is 251. The predicted octanol–water partition coefficient (Wildman–Crippen LogP) is -0.239. The number of nitrogens with two attached hydrogens (primary N) is 1. The van der Waals surface area contributed by atoms with Gasteiger partial charge in [-0.3, -0.25) is 0 Å². The summed E-state index contributed by atoms with van der Waals surface area (Å²) in [6.45, 7) is 0.576. The van der Waals surface area contributed by atoms with Crippen LogP contribution in [0.3, 0.4) is 0 Å². The summed E-state index contributed by atoms with van der Waals surface area (Å²) in [7, 11) is 0. The van der Waals surface area contributed by atoms with E-state index in [-0.39, 0.29) is 11.5 Å². The van der Waals surface area contributed by atoms with Gasteiger partial charge in [0.2, 0.25) is 0 Å². The molecule has 0 amide bonds. The molecule has 0 saturated heterocycles. The van der Waals surface area contributed by atoms with Crippen molar-refractivity contribution in [1.29, 1.82) is 0 Å². The van der Waals surface area contributed by atoms with Gasteiger partial charge in [0.15, 0.2) is 0 Å². The molecule has 0 aliphatic heterocycles. The fourth-order valence-corrected chi connectivity index (χ4v) is 1.88. The summed E-state index contributed by atoms with van der Waals surface area (Å²) in [6, 6.07) is 0. The highest BCUT2D eigenvalue weighted by atomic mass is 16.3. The Kier molecular flexibility index (Phi) is 1.66. The molecule has 0 aromatic carbocycles. The lowest BCUT2D eigenvalue weighted by Gasteiger charge is -2.43. The molecule has 1 aromatic heterocycles. The summed E-state index contributed by atoms with van der Waals surface area (Å²) in [6.07, 6.45) is 4.77. The standard InChI is InChI=1S/C8H13N3O/c9-4-8(1-6(12)2-8)7-3-10-5-11-7/h3,5-6,12H,1-2,4,9H2,(H,10,11). The summed E-state index contributed by atoms with van der Waals surface area (Å²) in [5, 5.41) is 9.22. The zero-order valence-electron chi connectivity index (χ0n) is 6.83. The Hall–Kier alpha value is -0.870. The van der Waals surface area contributed by atoms with E-state index in [1.54, 1.807) is 12.5 Å². The molecule has 1 saturated carbocycles. The number of H-pyrrole nitrogens is 1. The van der Waals surface area contributed by atoms with Crippen molar-refractivity contribution < 1.29 is 5.11 Å². The van der Waals surface area contributed by atoms with E-state index in [1.165, 1.54) is 0 Å². The molecule has 4 N–H and O–H groups in total. The second-order valence-electron chi connectivity index (χ2n) is 3.51. The molecule has 1 heterocycles. The first-order valence-corrected chi connectivity index (χ1v) is 4.14. The summed E-state index contributed by atoms with van der Waals surface area (Å²) in [4.78, 5) is 7.00. The molecule has 66 valence electrons. The molecule has 2 rings (SSSR count). The van der Waals surface area contributed by atoms with Crippen LogP contribution >= 0.6 is 0 Å². The molecular weight excluding hydrogens is 154 g/mol. The van der Waals surface area contributed by atoms with Gasteiger partial charge in [-0.15, -0.1) is 0 Å². The lowest BCUT2D eigenvalue weighted by Crippen LogP contribution is -2.50. The maximum absolute atomic E-state index is 9.22. The van der Waals surface area contributed by atoms with Crippen molar-refractivity contribution in [3.05, 3.63) is 18.2 Å². The van der Waals surface area contributed by atoms with E-state index in [4.69, 9.17) is 5.73 Å². The summed E-state index contributed by atoms with van der Waals surface area (Å²) >= 11 is 0. The van der Waals surface area contributed by atoms with Crippen LogP contribution < -0.4 is 5.73 Å². The number of nitrogens with zero attached hydrogens (tertiary/aromatic N) is 1. The molecule has 1 aliphatic rings. The van der Waals surface area contributed by atoms with Crippen molar-refractivity contribution in [2.24, 2.45) is 5.73 Å². The second kappa shape index (κ2) is 2.57. The van der Waals surface area contributed by atoms with Crippen molar-refractivity contribution in [3.63, 3.8) is 0 Å². The van der Waals surface area contributed by atoms with Gasteiger partial charge < -0.3 is 15.8 Å². The zero-order valence-corrected chi connectivity index (χ0v) is 6.83. The fourth-order valence-electron chi connectivity index (χ4n) is 1.88. The van der Waals surface area contributed by atoms with Crippen LogP contribution in [0.4, 0.5) is 0 Å². The minimum Gasteiger partial charge on any atom is -0.393 e. The van der Waals surface area contributed by atoms with Gasteiger partial charge in [0.05, 0.1) is 12.4 Å². The first-order chi connectivity index (χ1) is 5.77. The Morgan fingerprint density at radius 3 is 2.92 bits per heavy atom. The molecule has 1 fully saturated rings. The Balaban J connectivity index is 2.20. The van der Waals surface area contributed by atoms with Crippen molar-refractivity contribution in [3.8, 4) is 0 Å². The molecule has 0 unspecified atom stereocenters. The third-order valence-corrected chi connectivity index (χ3v) is 2.71. The Labute approximate surface area is 70.8 Å². The van der Waals surface area contributed by atoms with Gasteiger partial charge in [0.1, 0.15) is 0 Å². The van der Waals surface area contributed by atoms with Gasteiger partial charge >= 0.3 is 0 Å². The molecule has 0 bridgehead atoms. The number of hydrogen-bond acceptors (Lipinski definition) is 3. The van der Waals surface area contributed by atoms with E-state index in [9.17, 15) is 5.11 Å².